The molecule has 3 rings (SSSR count). The number of benzene rings is 1. The van der Waals surface area contributed by atoms with E-state index in [4.69, 9.17) is 9.47 Å². The smallest absolute Gasteiger partial charge is 0.350 e. The second kappa shape index (κ2) is 7.26. The molecule has 0 unspecified atom stereocenters. The number of hydrogen-bond donors (Lipinski definition) is 1. The van der Waals surface area contributed by atoms with E-state index >= 15 is 0 Å². The molecule has 0 aromatic heterocycles. The molecule has 27 heavy (non-hydrogen) atoms. The van der Waals surface area contributed by atoms with Crippen molar-refractivity contribution >= 4 is 29.0 Å². The van der Waals surface area contributed by atoms with Crippen LogP contribution in [0.2, 0.25) is 0 Å². The van der Waals surface area contributed by atoms with E-state index in [2.05, 4.69) is 5.32 Å². The number of rotatable bonds is 4. The van der Waals surface area contributed by atoms with Gasteiger partial charge in [-0.25, -0.2) is 9.59 Å². The molecule has 0 radical (unpaired) electrons. The number of piperidine rings is 1. The van der Waals surface area contributed by atoms with Crippen molar-refractivity contribution in [2.24, 2.45) is 0 Å². The highest BCUT2D eigenvalue weighted by molar-refractivity contribution is 6.15. The van der Waals surface area contributed by atoms with Gasteiger partial charge in [0.2, 0.25) is 0 Å². The molecule has 0 amide bonds. The Morgan fingerprint density at radius 3 is 2.37 bits per heavy atom. The number of nitro groups is 1. The molecule has 2 fully saturated rings. The zero-order valence-electron chi connectivity index (χ0n) is 15.2. The summed E-state index contributed by atoms with van der Waals surface area (Å²) in [6, 6.07) is 4.72. The van der Waals surface area contributed by atoms with Crippen LogP contribution in [0.1, 0.15) is 33.1 Å². The number of carbonyl (C=O) groups is 2. The van der Waals surface area contributed by atoms with Crippen molar-refractivity contribution in [1.82, 2.24) is 0 Å². The summed E-state index contributed by atoms with van der Waals surface area (Å²) >= 11 is 0. The zero-order valence-corrected chi connectivity index (χ0v) is 15.2. The van der Waals surface area contributed by atoms with Gasteiger partial charge < -0.3 is 19.7 Å². The van der Waals surface area contributed by atoms with Gasteiger partial charge in [0.1, 0.15) is 5.69 Å². The summed E-state index contributed by atoms with van der Waals surface area (Å²) in [4.78, 5) is 36.9. The van der Waals surface area contributed by atoms with Crippen LogP contribution in [0.25, 0.3) is 0 Å². The maximum Gasteiger partial charge on any atom is 0.350 e. The first-order valence-electron chi connectivity index (χ1n) is 8.73. The average Bonchev–Trinajstić information content (AvgIpc) is 2.60. The fourth-order valence-electron chi connectivity index (χ4n) is 3.10. The third-order valence-corrected chi connectivity index (χ3v) is 4.37. The molecular weight excluding hydrogens is 354 g/mol. The van der Waals surface area contributed by atoms with Gasteiger partial charge in [-0.05, 0) is 31.4 Å². The first-order valence-corrected chi connectivity index (χ1v) is 8.73. The number of ether oxygens (including phenoxy) is 2. The first kappa shape index (κ1) is 18.7. The lowest BCUT2D eigenvalue weighted by Crippen LogP contribution is -2.42. The Hall–Kier alpha value is -3.10. The van der Waals surface area contributed by atoms with Crippen molar-refractivity contribution in [3.8, 4) is 0 Å². The highest BCUT2D eigenvalue weighted by Crippen LogP contribution is 2.33. The number of esters is 2. The van der Waals surface area contributed by atoms with Gasteiger partial charge >= 0.3 is 11.9 Å². The molecular formula is C18H21N3O6. The largest absolute Gasteiger partial charge is 0.419 e. The summed E-state index contributed by atoms with van der Waals surface area (Å²) in [6.45, 7) is 4.47. The van der Waals surface area contributed by atoms with E-state index in [0.29, 0.717) is 11.4 Å². The predicted molar refractivity (Wildman–Crippen MR) is 97.1 cm³/mol. The van der Waals surface area contributed by atoms with Crippen LogP contribution < -0.4 is 10.2 Å². The summed E-state index contributed by atoms with van der Waals surface area (Å²) in [5, 5.41) is 14.2. The quantitative estimate of drug-likeness (QED) is 0.281. The molecule has 144 valence electrons. The number of nitrogens with zero attached hydrogens (tertiary/aromatic N) is 2. The van der Waals surface area contributed by atoms with Crippen LogP contribution in [0.15, 0.2) is 30.0 Å². The Labute approximate surface area is 156 Å². The van der Waals surface area contributed by atoms with Gasteiger partial charge in [-0.15, -0.1) is 0 Å². The summed E-state index contributed by atoms with van der Waals surface area (Å²) in [5.74, 6) is -2.95. The molecule has 0 saturated carbocycles. The molecule has 1 aromatic carbocycles. The van der Waals surface area contributed by atoms with E-state index in [1.54, 1.807) is 12.1 Å². The molecule has 0 spiro atoms. The van der Waals surface area contributed by atoms with Gasteiger partial charge in [-0.2, -0.15) is 0 Å². The van der Waals surface area contributed by atoms with E-state index in [-0.39, 0.29) is 11.3 Å². The van der Waals surface area contributed by atoms with E-state index in [1.807, 2.05) is 4.90 Å². The van der Waals surface area contributed by atoms with Crippen LogP contribution in [-0.4, -0.2) is 35.7 Å². The molecule has 9 nitrogen and oxygen atoms in total. The minimum Gasteiger partial charge on any atom is -0.419 e. The van der Waals surface area contributed by atoms with E-state index in [0.717, 1.165) is 38.6 Å². The van der Waals surface area contributed by atoms with Crippen LogP contribution in [0.3, 0.4) is 0 Å². The van der Waals surface area contributed by atoms with Crippen LogP contribution in [0, 0.1) is 10.1 Å². The number of anilines is 2. The third kappa shape index (κ3) is 4.18. The number of nitro benzene ring substituents is 1. The molecule has 1 aromatic rings. The fraction of sp³-hybridized carbons (Fsp3) is 0.444. The van der Waals surface area contributed by atoms with Gasteiger partial charge in [0.05, 0.1) is 4.92 Å². The highest BCUT2D eigenvalue weighted by atomic mass is 16.7. The molecule has 0 atom stereocenters. The molecule has 1 N–H and O–H groups in total. The molecule has 9 heteroatoms. The lowest BCUT2D eigenvalue weighted by atomic mass is 10.1. The van der Waals surface area contributed by atoms with Crippen LogP contribution >= 0.6 is 0 Å². The van der Waals surface area contributed by atoms with E-state index in [1.165, 1.54) is 19.9 Å². The maximum absolute atomic E-state index is 11.9. The molecule has 0 aliphatic carbocycles. The van der Waals surface area contributed by atoms with Crippen LogP contribution in [0.4, 0.5) is 17.1 Å². The van der Waals surface area contributed by atoms with Crippen LogP contribution in [-0.2, 0) is 19.1 Å². The van der Waals surface area contributed by atoms with E-state index < -0.39 is 22.6 Å². The Balaban J connectivity index is 1.81. The monoisotopic (exact) mass is 375 g/mol. The molecule has 2 aliphatic rings. The molecule has 2 saturated heterocycles. The van der Waals surface area contributed by atoms with Crippen molar-refractivity contribution in [2.45, 2.75) is 38.9 Å². The normalized spacial score (nSPS) is 19.2. The fourth-order valence-corrected chi connectivity index (χ4v) is 3.10. The minimum atomic E-state index is -1.32. The summed E-state index contributed by atoms with van der Waals surface area (Å²) in [6.07, 6.45) is 4.27. The van der Waals surface area contributed by atoms with Gasteiger partial charge in [-0.1, -0.05) is 0 Å². The lowest BCUT2D eigenvalue weighted by molar-refractivity contribution is -0.384. The Kier molecular flexibility index (Phi) is 5.02. The maximum atomic E-state index is 11.9. The topological polar surface area (TPSA) is 111 Å². The number of nitrogens with one attached hydrogen (secondary N) is 1. The summed E-state index contributed by atoms with van der Waals surface area (Å²) in [5.41, 5.74) is 0.601. The lowest BCUT2D eigenvalue weighted by Gasteiger charge is -2.29. The highest BCUT2D eigenvalue weighted by Gasteiger charge is 2.39. The number of hydrogen-bond acceptors (Lipinski definition) is 8. The third-order valence-electron chi connectivity index (χ3n) is 4.37. The van der Waals surface area contributed by atoms with E-state index in [9.17, 15) is 19.7 Å². The second-order valence-corrected chi connectivity index (χ2v) is 6.89. The number of cyclic esters (lactones) is 2. The number of carbonyl (C=O) groups excluding carboxylic acids is 2. The van der Waals surface area contributed by atoms with Crippen molar-refractivity contribution in [2.75, 3.05) is 23.3 Å². The SMILES string of the molecule is CC1(C)OC(=O)C(=CNc2ccc(N3CCCCC3)c([N+](=O)[O-])c2)C(=O)O1. The summed E-state index contributed by atoms with van der Waals surface area (Å²) < 4.78 is 10.0. The molecule has 0 bridgehead atoms. The Bertz CT molecular complexity index is 789. The van der Waals surface area contributed by atoms with Gasteiger partial charge in [-0.3, -0.25) is 10.1 Å². The Morgan fingerprint density at radius 1 is 1.15 bits per heavy atom. The minimum absolute atomic E-state index is 0.0322. The zero-order chi connectivity index (χ0) is 19.6. The predicted octanol–water partition coefficient (Wildman–Crippen LogP) is 2.72. The molecule has 2 heterocycles. The standard InChI is InChI=1S/C18H21N3O6/c1-18(2)26-16(22)13(17(23)27-18)11-19-12-6-7-14(15(10-12)21(24)25)20-8-4-3-5-9-20/h6-7,10-11,19H,3-5,8-9H2,1-2H3. The van der Waals surface area contributed by atoms with Crippen LogP contribution in [0.5, 0.6) is 0 Å². The Morgan fingerprint density at radius 2 is 1.78 bits per heavy atom. The van der Waals surface area contributed by atoms with Gasteiger partial charge in [0.25, 0.3) is 11.5 Å². The molecule has 2 aliphatic heterocycles. The van der Waals surface area contributed by atoms with Crippen molar-refractivity contribution in [3.63, 3.8) is 0 Å². The van der Waals surface area contributed by atoms with Crippen molar-refractivity contribution < 1.29 is 24.0 Å². The second-order valence-electron chi connectivity index (χ2n) is 6.89. The summed E-state index contributed by atoms with van der Waals surface area (Å²) in [7, 11) is 0. The first-order chi connectivity index (χ1) is 12.8. The van der Waals surface area contributed by atoms with Crippen molar-refractivity contribution in [3.05, 3.63) is 40.1 Å². The van der Waals surface area contributed by atoms with Gasteiger partial charge in [0.15, 0.2) is 5.57 Å². The van der Waals surface area contributed by atoms with Gasteiger partial charge in [0, 0.05) is 44.9 Å². The van der Waals surface area contributed by atoms with Crippen molar-refractivity contribution in [1.29, 1.82) is 0 Å². The average molecular weight is 375 g/mol.